The molecule has 0 heterocycles. The third-order valence-corrected chi connectivity index (χ3v) is 4.18. The summed E-state index contributed by atoms with van der Waals surface area (Å²) in [6, 6.07) is 14.6. The highest BCUT2D eigenvalue weighted by Gasteiger charge is 2.11. The highest BCUT2D eigenvalue weighted by Crippen LogP contribution is 2.14. The van der Waals surface area contributed by atoms with Gasteiger partial charge in [-0.2, -0.15) is 0 Å². The molecule has 0 aliphatic heterocycles. The van der Waals surface area contributed by atoms with Gasteiger partial charge in [0.15, 0.2) is 0 Å². The summed E-state index contributed by atoms with van der Waals surface area (Å²) in [6.07, 6.45) is 0.885. The molecule has 4 nitrogen and oxygen atoms in total. The molecule has 0 spiro atoms. The average Bonchev–Trinajstić information content (AvgIpc) is 2.52. The van der Waals surface area contributed by atoms with Crippen molar-refractivity contribution in [3.05, 3.63) is 70.8 Å². The smallest absolute Gasteiger partial charge is 0.251 e. The van der Waals surface area contributed by atoms with Gasteiger partial charge < -0.3 is 10.4 Å². The van der Waals surface area contributed by atoms with Gasteiger partial charge in [-0.25, -0.2) is 0 Å². The number of hydrogen-bond acceptors (Lipinski definition) is 3. The summed E-state index contributed by atoms with van der Waals surface area (Å²) >= 11 is 0. The number of rotatable bonds is 6. The molecule has 0 bridgehead atoms. The molecular formula is C18H21NO3S. The van der Waals surface area contributed by atoms with Gasteiger partial charge in [0.2, 0.25) is 0 Å². The Morgan fingerprint density at radius 2 is 1.96 bits per heavy atom. The predicted molar refractivity (Wildman–Crippen MR) is 92.7 cm³/mol. The van der Waals surface area contributed by atoms with Crippen LogP contribution in [0, 0.1) is 6.92 Å². The summed E-state index contributed by atoms with van der Waals surface area (Å²) < 4.78 is 11.3. The van der Waals surface area contributed by atoms with Gasteiger partial charge in [0.1, 0.15) is 0 Å². The number of aliphatic hydroxyl groups excluding tert-OH is 1. The summed E-state index contributed by atoms with van der Waals surface area (Å²) in [5, 5.41) is 12.9. The lowest BCUT2D eigenvalue weighted by molar-refractivity contribution is 0.0916. The summed E-state index contributed by atoms with van der Waals surface area (Å²) in [5.74, 6) is 0.174. The van der Waals surface area contributed by atoms with Crippen molar-refractivity contribution >= 4 is 16.7 Å². The molecule has 2 aromatic carbocycles. The second kappa shape index (κ2) is 8.04. The van der Waals surface area contributed by atoms with Crippen LogP contribution in [-0.4, -0.2) is 28.0 Å². The van der Waals surface area contributed by atoms with Crippen LogP contribution in [0.25, 0.3) is 0 Å². The molecule has 23 heavy (non-hydrogen) atoms. The zero-order valence-electron chi connectivity index (χ0n) is 13.3. The van der Waals surface area contributed by atoms with E-state index in [2.05, 4.69) is 5.32 Å². The first-order valence-corrected chi connectivity index (χ1v) is 9.10. The molecule has 0 radical (unpaired) electrons. The topological polar surface area (TPSA) is 66.4 Å². The van der Waals surface area contributed by atoms with Crippen molar-refractivity contribution in [2.24, 2.45) is 0 Å². The molecule has 122 valence electrons. The van der Waals surface area contributed by atoms with E-state index in [1.807, 2.05) is 37.3 Å². The maximum Gasteiger partial charge on any atom is 0.251 e. The van der Waals surface area contributed by atoms with Gasteiger partial charge in [0.25, 0.3) is 5.91 Å². The van der Waals surface area contributed by atoms with Crippen LogP contribution < -0.4 is 5.32 Å². The largest absolute Gasteiger partial charge is 0.387 e. The third kappa shape index (κ3) is 5.30. The SMILES string of the molecule is Cc1cccc(C(O)CNC(=O)c2cccc(CS(C)=O)c2)c1. The van der Waals surface area contributed by atoms with Crippen LogP contribution in [0.2, 0.25) is 0 Å². The van der Waals surface area contributed by atoms with Crippen molar-refractivity contribution in [3.63, 3.8) is 0 Å². The van der Waals surface area contributed by atoms with Crippen LogP contribution in [0.5, 0.6) is 0 Å². The van der Waals surface area contributed by atoms with Crippen molar-refractivity contribution in [3.8, 4) is 0 Å². The number of nitrogens with one attached hydrogen (secondary N) is 1. The molecule has 0 fully saturated rings. The first-order valence-electron chi connectivity index (χ1n) is 7.37. The van der Waals surface area contributed by atoms with E-state index in [-0.39, 0.29) is 12.5 Å². The predicted octanol–water partition coefficient (Wildman–Crippen LogP) is 2.34. The van der Waals surface area contributed by atoms with Crippen molar-refractivity contribution in [2.45, 2.75) is 18.8 Å². The summed E-state index contributed by atoms with van der Waals surface area (Å²) in [5.41, 5.74) is 3.20. The number of benzene rings is 2. The van der Waals surface area contributed by atoms with Crippen molar-refractivity contribution in [1.82, 2.24) is 5.32 Å². The molecule has 0 saturated heterocycles. The molecule has 2 atom stereocenters. The molecule has 0 aliphatic rings. The highest BCUT2D eigenvalue weighted by molar-refractivity contribution is 7.83. The third-order valence-electron chi connectivity index (χ3n) is 3.44. The Hall–Kier alpha value is -1.98. The molecule has 2 N–H and O–H groups in total. The fourth-order valence-corrected chi connectivity index (χ4v) is 2.97. The average molecular weight is 331 g/mol. The number of amides is 1. The number of hydrogen-bond donors (Lipinski definition) is 2. The summed E-state index contributed by atoms with van der Waals surface area (Å²) in [4.78, 5) is 12.2. The minimum Gasteiger partial charge on any atom is -0.387 e. The second-order valence-electron chi connectivity index (χ2n) is 5.56. The lowest BCUT2D eigenvalue weighted by atomic mass is 10.1. The zero-order chi connectivity index (χ0) is 16.8. The van der Waals surface area contributed by atoms with Crippen LogP contribution in [0.1, 0.15) is 33.2 Å². The van der Waals surface area contributed by atoms with Gasteiger partial charge in [0.05, 0.1) is 6.10 Å². The molecule has 2 aromatic rings. The molecular weight excluding hydrogens is 310 g/mol. The molecule has 0 aliphatic carbocycles. The first kappa shape index (κ1) is 17.4. The Morgan fingerprint density at radius 3 is 2.65 bits per heavy atom. The second-order valence-corrected chi connectivity index (χ2v) is 6.99. The normalized spacial score (nSPS) is 13.3. The summed E-state index contributed by atoms with van der Waals surface area (Å²) in [6.45, 7) is 2.10. The number of carbonyl (C=O) groups excluding carboxylic acids is 1. The lowest BCUT2D eigenvalue weighted by Crippen LogP contribution is -2.28. The minimum atomic E-state index is -0.948. The van der Waals surface area contributed by atoms with Crippen LogP contribution in [0.3, 0.4) is 0 Å². The van der Waals surface area contributed by atoms with Crippen molar-refractivity contribution in [2.75, 3.05) is 12.8 Å². The fourth-order valence-electron chi connectivity index (χ4n) is 2.32. The maximum absolute atomic E-state index is 12.2. The van der Waals surface area contributed by atoms with E-state index >= 15 is 0 Å². The Kier molecular flexibility index (Phi) is 6.07. The number of aryl methyl sites for hydroxylation is 1. The van der Waals surface area contributed by atoms with Crippen molar-refractivity contribution in [1.29, 1.82) is 0 Å². The van der Waals surface area contributed by atoms with Crippen LogP contribution in [-0.2, 0) is 16.6 Å². The molecule has 0 saturated carbocycles. The number of aliphatic hydroxyl groups is 1. The quantitative estimate of drug-likeness (QED) is 0.854. The standard InChI is InChI=1S/C18H21NO3S/c1-13-5-3-7-15(9-13)17(20)11-19-18(21)16-8-4-6-14(10-16)12-23(2)22/h3-10,17,20H,11-12H2,1-2H3,(H,19,21). The van der Waals surface area contributed by atoms with Gasteiger partial charge in [-0.05, 0) is 30.2 Å². The van der Waals surface area contributed by atoms with E-state index in [0.717, 1.165) is 16.7 Å². The Morgan fingerprint density at radius 1 is 1.22 bits per heavy atom. The van der Waals surface area contributed by atoms with E-state index in [0.29, 0.717) is 11.3 Å². The van der Waals surface area contributed by atoms with E-state index in [4.69, 9.17) is 0 Å². The highest BCUT2D eigenvalue weighted by atomic mass is 32.2. The van der Waals surface area contributed by atoms with Gasteiger partial charge in [-0.15, -0.1) is 0 Å². The molecule has 1 amide bonds. The van der Waals surface area contributed by atoms with Gasteiger partial charge >= 0.3 is 0 Å². The maximum atomic E-state index is 12.2. The molecule has 5 heteroatoms. The van der Waals surface area contributed by atoms with Crippen LogP contribution >= 0.6 is 0 Å². The Balaban J connectivity index is 1.98. The minimum absolute atomic E-state index is 0.145. The van der Waals surface area contributed by atoms with Gasteiger partial charge in [-0.3, -0.25) is 9.00 Å². The van der Waals surface area contributed by atoms with Crippen molar-refractivity contribution < 1.29 is 14.1 Å². The first-order chi connectivity index (χ1) is 11.0. The van der Waals surface area contributed by atoms with Crippen LogP contribution in [0.4, 0.5) is 0 Å². The summed E-state index contributed by atoms with van der Waals surface area (Å²) in [7, 11) is -0.948. The van der Waals surface area contributed by atoms with E-state index < -0.39 is 16.9 Å². The molecule has 0 aromatic heterocycles. The molecule has 2 rings (SSSR count). The van der Waals surface area contributed by atoms with Gasteiger partial charge in [0, 0.05) is 34.9 Å². The Labute approximate surface area is 139 Å². The zero-order valence-corrected chi connectivity index (χ0v) is 14.1. The van der Waals surface area contributed by atoms with Gasteiger partial charge in [-0.1, -0.05) is 42.0 Å². The lowest BCUT2D eigenvalue weighted by Gasteiger charge is -2.13. The molecule has 2 unspecified atom stereocenters. The Bertz CT molecular complexity index is 715. The monoisotopic (exact) mass is 331 g/mol. The van der Waals surface area contributed by atoms with E-state index in [1.165, 1.54) is 0 Å². The van der Waals surface area contributed by atoms with E-state index in [9.17, 15) is 14.1 Å². The number of carbonyl (C=O) groups is 1. The van der Waals surface area contributed by atoms with E-state index in [1.54, 1.807) is 24.5 Å². The van der Waals surface area contributed by atoms with Crippen LogP contribution in [0.15, 0.2) is 48.5 Å². The fraction of sp³-hybridized carbons (Fsp3) is 0.278.